The van der Waals surface area contributed by atoms with Crippen LogP contribution in [-0.2, 0) is 24.3 Å². The van der Waals surface area contributed by atoms with Crippen LogP contribution in [-0.4, -0.2) is 50.4 Å². The molecule has 0 bridgehead atoms. The Bertz CT molecular complexity index is 443. The van der Waals surface area contributed by atoms with Crippen LogP contribution in [0.3, 0.4) is 0 Å². The summed E-state index contributed by atoms with van der Waals surface area (Å²) in [6, 6.07) is 0. The van der Waals surface area contributed by atoms with E-state index in [2.05, 4.69) is 6.58 Å². The minimum atomic E-state index is -3.77. The number of hydrogen-bond acceptors (Lipinski definition) is 5. The number of rotatable bonds is 8. The van der Waals surface area contributed by atoms with E-state index < -0.39 is 21.4 Å². The van der Waals surface area contributed by atoms with Crippen LogP contribution in [0.2, 0.25) is 0 Å². The SMILES string of the molecule is C=CCOCCOC(C)S(=O)(=O)N1CCC=CC1=O. The monoisotopic (exact) mass is 289 g/mol. The first-order chi connectivity index (χ1) is 9.00. The van der Waals surface area contributed by atoms with E-state index in [1.54, 1.807) is 12.2 Å². The summed E-state index contributed by atoms with van der Waals surface area (Å²) in [6.45, 7) is 5.88. The van der Waals surface area contributed by atoms with Crippen LogP contribution in [0, 0.1) is 0 Å². The summed E-state index contributed by atoms with van der Waals surface area (Å²) < 4.78 is 35.3. The maximum absolute atomic E-state index is 12.1. The number of ether oxygens (including phenoxy) is 2. The van der Waals surface area contributed by atoms with Crippen molar-refractivity contribution in [3.05, 3.63) is 24.8 Å². The molecule has 0 saturated carbocycles. The summed E-state index contributed by atoms with van der Waals surface area (Å²) in [7, 11) is -3.77. The highest BCUT2D eigenvalue weighted by Crippen LogP contribution is 2.15. The quantitative estimate of drug-likeness (QED) is 0.485. The molecule has 0 aromatic carbocycles. The molecule has 7 heteroatoms. The maximum Gasteiger partial charge on any atom is 0.264 e. The lowest BCUT2D eigenvalue weighted by Gasteiger charge is -2.26. The molecule has 1 amide bonds. The highest BCUT2D eigenvalue weighted by atomic mass is 32.2. The van der Waals surface area contributed by atoms with Gasteiger partial charge in [-0.05, 0) is 13.3 Å². The van der Waals surface area contributed by atoms with Crippen LogP contribution in [0.4, 0.5) is 0 Å². The second-order valence-corrected chi connectivity index (χ2v) is 6.08. The molecule has 1 unspecified atom stereocenters. The van der Waals surface area contributed by atoms with Crippen LogP contribution < -0.4 is 0 Å². The molecule has 108 valence electrons. The van der Waals surface area contributed by atoms with Crippen molar-refractivity contribution in [2.75, 3.05) is 26.4 Å². The second-order valence-electron chi connectivity index (χ2n) is 3.95. The van der Waals surface area contributed by atoms with E-state index in [4.69, 9.17) is 9.47 Å². The third-order valence-electron chi connectivity index (χ3n) is 2.55. The lowest BCUT2D eigenvalue weighted by atomic mass is 10.3. The first-order valence-electron chi connectivity index (χ1n) is 6.02. The molecule has 1 aliphatic rings. The topological polar surface area (TPSA) is 72.9 Å². The summed E-state index contributed by atoms with van der Waals surface area (Å²) in [5.74, 6) is -0.524. The molecule has 1 heterocycles. The molecule has 0 saturated heterocycles. The van der Waals surface area contributed by atoms with Crippen molar-refractivity contribution < 1.29 is 22.7 Å². The lowest BCUT2D eigenvalue weighted by molar-refractivity contribution is -0.122. The zero-order chi connectivity index (χ0) is 14.3. The second kappa shape index (κ2) is 7.42. The van der Waals surface area contributed by atoms with Gasteiger partial charge in [0.25, 0.3) is 15.9 Å². The molecule has 0 fully saturated rings. The highest BCUT2D eigenvalue weighted by Gasteiger charge is 2.32. The van der Waals surface area contributed by atoms with Crippen molar-refractivity contribution in [1.29, 1.82) is 0 Å². The van der Waals surface area contributed by atoms with Gasteiger partial charge in [-0.2, -0.15) is 0 Å². The van der Waals surface area contributed by atoms with Crippen LogP contribution in [0.15, 0.2) is 24.8 Å². The Balaban J connectivity index is 2.49. The predicted molar refractivity (Wildman–Crippen MR) is 70.8 cm³/mol. The predicted octanol–water partition coefficient (Wildman–Crippen LogP) is 0.670. The van der Waals surface area contributed by atoms with Gasteiger partial charge in [-0.15, -0.1) is 6.58 Å². The lowest BCUT2D eigenvalue weighted by Crippen LogP contribution is -2.43. The fourth-order valence-corrected chi connectivity index (χ4v) is 2.82. The zero-order valence-corrected chi connectivity index (χ0v) is 11.8. The third kappa shape index (κ3) is 4.45. The van der Waals surface area contributed by atoms with E-state index in [0.717, 1.165) is 4.31 Å². The molecular weight excluding hydrogens is 270 g/mol. The summed E-state index contributed by atoms with van der Waals surface area (Å²) in [5, 5.41) is 0. The van der Waals surface area contributed by atoms with Crippen molar-refractivity contribution in [2.45, 2.75) is 18.8 Å². The van der Waals surface area contributed by atoms with Gasteiger partial charge in [0.2, 0.25) is 0 Å². The van der Waals surface area contributed by atoms with Crippen molar-refractivity contribution in [3.8, 4) is 0 Å². The summed E-state index contributed by atoms with van der Waals surface area (Å²) in [4.78, 5) is 11.5. The molecule has 0 aromatic heterocycles. The minimum Gasteiger partial charge on any atom is -0.375 e. The van der Waals surface area contributed by atoms with Crippen molar-refractivity contribution in [2.24, 2.45) is 0 Å². The van der Waals surface area contributed by atoms with Gasteiger partial charge < -0.3 is 9.47 Å². The number of nitrogens with zero attached hydrogens (tertiary/aromatic N) is 1. The zero-order valence-electron chi connectivity index (χ0n) is 10.9. The summed E-state index contributed by atoms with van der Waals surface area (Å²) in [5.41, 5.74) is -1.07. The highest BCUT2D eigenvalue weighted by molar-refractivity contribution is 7.90. The Labute approximate surface area is 113 Å². The van der Waals surface area contributed by atoms with E-state index in [-0.39, 0.29) is 19.8 Å². The van der Waals surface area contributed by atoms with Gasteiger partial charge >= 0.3 is 0 Å². The van der Waals surface area contributed by atoms with E-state index in [1.165, 1.54) is 13.0 Å². The molecule has 19 heavy (non-hydrogen) atoms. The van der Waals surface area contributed by atoms with Gasteiger partial charge in [-0.3, -0.25) is 4.79 Å². The molecule has 0 spiro atoms. The Hall–Kier alpha value is -1.18. The number of sulfonamides is 1. The smallest absolute Gasteiger partial charge is 0.264 e. The summed E-state index contributed by atoms with van der Waals surface area (Å²) >= 11 is 0. The van der Waals surface area contributed by atoms with Crippen LogP contribution >= 0.6 is 0 Å². The van der Waals surface area contributed by atoms with E-state index in [0.29, 0.717) is 13.0 Å². The Morgan fingerprint density at radius 3 is 2.89 bits per heavy atom. The maximum atomic E-state index is 12.1. The third-order valence-corrected chi connectivity index (χ3v) is 4.50. The van der Waals surface area contributed by atoms with Gasteiger partial charge in [0.1, 0.15) is 0 Å². The van der Waals surface area contributed by atoms with Gasteiger partial charge in [0.15, 0.2) is 5.44 Å². The van der Waals surface area contributed by atoms with Crippen LogP contribution in [0.25, 0.3) is 0 Å². The first-order valence-corrected chi connectivity index (χ1v) is 7.52. The molecule has 6 nitrogen and oxygen atoms in total. The van der Waals surface area contributed by atoms with Crippen molar-refractivity contribution >= 4 is 15.9 Å². The van der Waals surface area contributed by atoms with E-state index >= 15 is 0 Å². The largest absolute Gasteiger partial charge is 0.375 e. The van der Waals surface area contributed by atoms with E-state index in [9.17, 15) is 13.2 Å². The average molecular weight is 289 g/mol. The molecule has 0 aliphatic carbocycles. The molecule has 1 rings (SSSR count). The standard InChI is InChI=1S/C12H19NO5S/c1-3-8-17-9-10-18-11(2)19(15,16)13-7-5-4-6-12(13)14/h3-4,6,11H,1,5,7-10H2,2H3. The Morgan fingerprint density at radius 2 is 2.26 bits per heavy atom. The van der Waals surface area contributed by atoms with Crippen LogP contribution in [0.1, 0.15) is 13.3 Å². The Morgan fingerprint density at radius 1 is 1.53 bits per heavy atom. The van der Waals surface area contributed by atoms with Gasteiger partial charge in [-0.1, -0.05) is 12.2 Å². The van der Waals surface area contributed by atoms with Crippen molar-refractivity contribution in [3.63, 3.8) is 0 Å². The molecule has 1 aliphatic heterocycles. The molecule has 0 N–H and O–H groups in total. The number of carbonyl (C=O) groups excluding carboxylic acids is 1. The summed E-state index contributed by atoms with van der Waals surface area (Å²) in [6.07, 6.45) is 5.04. The molecule has 0 radical (unpaired) electrons. The van der Waals surface area contributed by atoms with Gasteiger partial charge in [0, 0.05) is 12.6 Å². The Kier molecular flexibility index (Phi) is 6.20. The molecule has 0 aromatic rings. The minimum absolute atomic E-state index is 0.145. The first kappa shape index (κ1) is 15.9. The fraction of sp³-hybridized carbons (Fsp3) is 0.583. The molecular formula is C12H19NO5S. The fourth-order valence-electron chi connectivity index (χ4n) is 1.53. The average Bonchev–Trinajstić information content (AvgIpc) is 2.38. The van der Waals surface area contributed by atoms with Crippen LogP contribution in [0.5, 0.6) is 0 Å². The normalized spacial score (nSPS) is 17.5. The van der Waals surface area contributed by atoms with Gasteiger partial charge in [-0.25, -0.2) is 12.7 Å². The number of amides is 1. The van der Waals surface area contributed by atoms with E-state index in [1.807, 2.05) is 0 Å². The number of hydrogen-bond donors (Lipinski definition) is 0. The molecule has 1 atom stereocenters. The number of carbonyl (C=O) groups is 1. The van der Waals surface area contributed by atoms with Crippen molar-refractivity contribution in [1.82, 2.24) is 4.31 Å². The van der Waals surface area contributed by atoms with Gasteiger partial charge in [0.05, 0.1) is 19.8 Å².